The minimum absolute atomic E-state index is 0.347. The van der Waals surface area contributed by atoms with Crippen molar-refractivity contribution in [2.45, 2.75) is 45.1 Å². The summed E-state index contributed by atoms with van der Waals surface area (Å²) < 4.78 is 5.55. The number of rotatable bonds is 8. The van der Waals surface area contributed by atoms with Gasteiger partial charge in [-0.1, -0.05) is 44.4 Å². The minimum atomic E-state index is -0.447. The third-order valence-corrected chi connectivity index (χ3v) is 4.54. The van der Waals surface area contributed by atoms with Crippen LogP contribution in [-0.2, 0) is 0 Å². The fraction of sp³-hybridized carbons (Fsp3) is 0.667. The summed E-state index contributed by atoms with van der Waals surface area (Å²) in [4.78, 5) is 0. The molecule has 1 saturated carbocycles. The molecule has 1 atom stereocenters. The second-order valence-corrected chi connectivity index (χ2v) is 6.23. The van der Waals surface area contributed by atoms with Crippen LogP contribution in [0.3, 0.4) is 0 Å². The van der Waals surface area contributed by atoms with Crippen molar-refractivity contribution in [2.75, 3.05) is 19.7 Å². The number of aliphatic hydroxyl groups is 1. The van der Waals surface area contributed by atoms with E-state index < -0.39 is 6.10 Å². The Morgan fingerprint density at radius 1 is 1.14 bits per heavy atom. The molecule has 2 rings (SSSR count). The summed E-state index contributed by atoms with van der Waals surface area (Å²) in [6, 6.07) is 9.65. The Morgan fingerprint density at radius 2 is 1.81 bits per heavy atom. The van der Waals surface area contributed by atoms with E-state index in [1.54, 1.807) is 0 Å². The largest absolute Gasteiger partial charge is 0.491 e. The maximum atomic E-state index is 9.93. The lowest BCUT2D eigenvalue weighted by Gasteiger charge is -2.28. The van der Waals surface area contributed by atoms with Crippen LogP contribution < -0.4 is 10.1 Å². The first kappa shape index (κ1) is 16.3. The standard InChI is InChI=1S/C18H29NO2/c1-2-15-8-10-16(11-9-15)12-19-13-17(20)14-21-18-6-4-3-5-7-18/h3-7,15-17,19-20H,2,8-14H2,1H3. The second kappa shape index (κ2) is 9.06. The summed E-state index contributed by atoms with van der Waals surface area (Å²) in [7, 11) is 0. The van der Waals surface area contributed by atoms with Gasteiger partial charge in [0.1, 0.15) is 18.5 Å². The molecule has 1 aliphatic rings. The molecular formula is C18H29NO2. The van der Waals surface area contributed by atoms with Gasteiger partial charge in [-0.25, -0.2) is 0 Å². The predicted octanol–water partition coefficient (Wildman–Crippen LogP) is 3.23. The lowest BCUT2D eigenvalue weighted by atomic mass is 9.81. The van der Waals surface area contributed by atoms with Crippen LogP contribution in [0.1, 0.15) is 39.0 Å². The average Bonchev–Trinajstić information content (AvgIpc) is 2.54. The zero-order valence-electron chi connectivity index (χ0n) is 13.1. The van der Waals surface area contributed by atoms with Crippen molar-refractivity contribution in [3.63, 3.8) is 0 Å². The number of benzene rings is 1. The molecule has 1 unspecified atom stereocenters. The van der Waals surface area contributed by atoms with Crippen molar-refractivity contribution >= 4 is 0 Å². The summed E-state index contributed by atoms with van der Waals surface area (Å²) in [5.74, 6) is 2.55. The van der Waals surface area contributed by atoms with Gasteiger partial charge in [0.05, 0.1) is 0 Å². The molecule has 0 heterocycles. The number of hydrogen-bond acceptors (Lipinski definition) is 3. The minimum Gasteiger partial charge on any atom is -0.491 e. The zero-order valence-corrected chi connectivity index (χ0v) is 13.1. The highest BCUT2D eigenvalue weighted by atomic mass is 16.5. The Kier molecular flexibility index (Phi) is 7.04. The van der Waals surface area contributed by atoms with Crippen molar-refractivity contribution in [3.05, 3.63) is 30.3 Å². The Hall–Kier alpha value is -1.06. The molecule has 2 N–H and O–H groups in total. The third-order valence-electron chi connectivity index (χ3n) is 4.54. The van der Waals surface area contributed by atoms with E-state index in [-0.39, 0.29) is 0 Å². The molecule has 0 radical (unpaired) electrons. The van der Waals surface area contributed by atoms with Crippen molar-refractivity contribution in [3.8, 4) is 5.75 Å². The number of nitrogens with one attached hydrogen (secondary N) is 1. The monoisotopic (exact) mass is 291 g/mol. The Labute approximate surface area is 128 Å². The van der Waals surface area contributed by atoms with Crippen molar-refractivity contribution in [1.29, 1.82) is 0 Å². The quantitative estimate of drug-likeness (QED) is 0.772. The Balaban J connectivity index is 1.54. The Morgan fingerprint density at radius 3 is 2.48 bits per heavy atom. The molecule has 3 nitrogen and oxygen atoms in total. The lowest BCUT2D eigenvalue weighted by molar-refractivity contribution is 0.104. The molecule has 0 aliphatic heterocycles. The number of para-hydroxylation sites is 1. The second-order valence-electron chi connectivity index (χ2n) is 6.23. The summed E-state index contributed by atoms with van der Waals surface area (Å²) >= 11 is 0. The molecule has 1 fully saturated rings. The molecule has 0 spiro atoms. The predicted molar refractivity (Wildman–Crippen MR) is 86.6 cm³/mol. The highest BCUT2D eigenvalue weighted by Crippen LogP contribution is 2.29. The summed E-state index contributed by atoms with van der Waals surface area (Å²) in [6.07, 6.45) is 6.31. The van der Waals surface area contributed by atoms with E-state index in [1.807, 2.05) is 30.3 Å². The maximum Gasteiger partial charge on any atom is 0.119 e. The SMILES string of the molecule is CCC1CCC(CNCC(O)COc2ccccc2)CC1. The molecule has 0 bridgehead atoms. The molecule has 118 valence electrons. The van der Waals surface area contributed by atoms with Crippen molar-refractivity contribution in [2.24, 2.45) is 11.8 Å². The highest BCUT2D eigenvalue weighted by Gasteiger charge is 2.19. The third kappa shape index (κ3) is 6.06. The van der Waals surface area contributed by atoms with Crippen LogP contribution in [-0.4, -0.2) is 30.9 Å². The van der Waals surface area contributed by atoms with E-state index in [2.05, 4.69) is 12.2 Å². The first-order valence-corrected chi connectivity index (χ1v) is 8.34. The van der Waals surface area contributed by atoms with Gasteiger partial charge in [-0.05, 0) is 43.4 Å². The zero-order chi connectivity index (χ0) is 14.9. The van der Waals surface area contributed by atoms with Crippen LogP contribution in [0.2, 0.25) is 0 Å². The van der Waals surface area contributed by atoms with E-state index in [0.717, 1.165) is 24.1 Å². The Bertz CT molecular complexity index is 374. The first-order chi connectivity index (χ1) is 10.3. The van der Waals surface area contributed by atoms with Crippen LogP contribution >= 0.6 is 0 Å². The van der Waals surface area contributed by atoms with Gasteiger partial charge in [0.2, 0.25) is 0 Å². The van der Waals surface area contributed by atoms with Crippen molar-refractivity contribution < 1.29 is 9.84 Å². The smallest absolute Gasteiger partial charge is 0.119 e. The molecule has 0 amide bonds. The van der Waals surface area contributed by atoms with E-state index in [4.69, 9.17) is 4.74 Å². The lowest BCUT2D eigenvalue weighted by Crippen LogP contribution is -2.35. The van der Waals surface area contributed by atoms with Crippen molar-refractivity contribution in [1.82, 2.24) is 5.32 Å². The van der Waals surface area contributed by atoms with Crippen LogP contribution in [0.15, 0.2) is 30.3 Å². The van der Waals surface area contributed by atoms with Crippen LogP contribution in [0.4, 0.5) is 0 Å². The van der Waals surface area contributed by atoms with Gasteiger partial charge in [0.25, 0.3) is 0 Å². The fourth-order valence-electron chi connectivity index (χ4n) is 3.07. The van der Waals surface area contributed by atoms with E-state index >= 15 is 0 Å². The van der Waals surface area contributed by atoms with Gasteiger partial charge < -0.3 is 15.2 Å². The first-order valence-electron chi connectivity index (χ1n) is 8.34. The molecule has 0 saturated heterocycles. The van der Waals surface area contributed by atoms with Crippen LogP contribution in [0.5, 0.6) is 5.75 Å². The highest BCUT2D eigenvalue weighted by molar-refractivity contribution is 5.20. The van der Waals surface area contributed by atoms with E-state index in [9.17, 15) is 5.11 Å². The maximum absolute atomic E-state index is 9.93. The van der Waals surface area contributed by atoms with E-state index in [1.165, 1.54) is 32.1 Å². The van der Waals surface area contributed by atoms with Gasteiger partial charge in [-0.2, -0.15) is 0 Å². The number of ether oxygens (including phenoxy) is 1. The van der Waals surface area contributed by atoms with E-state index in [0.29, 0.717) is 13.2 Å². The normalized spacial score (nSPS) is 23.7. The van der Waals surface area contributed by atoms with Crippen LogP contribution in [0.25, 0.3) is 0 Å². The van der Waals surface area contributed by atoms with Gasteiger partial charge in [0.15, 0.2) is 0 Å². The molecule has 0 aromatic heterocycles. The van der Waals surface area contributed by atoms with Crippen LogP contribution in [0, 0.1) is 11.8 Å². The summed E-state index contributed by atoms with van der Waals surface area (Å²) in [5.41, 5.74) is 0. The average molecular weight is 291 g/mol. The number of aliphatic hydroxyl groups excluding tert-OH is 1. The fourth-order valence-corrected chi connectivity index (χ4v) is 3.07. The summed E-state index contributed by atoms with van der Waals surface area (Å²) in [5, 5.41) is 13.3. The molecule has 3 heteroatoms. The van der Waals surface area contributed by atoms with Gasteiger partial charge in [-0.15, -0.1) is 0 Å². The molecule has 1 aliphatic carbocycles. The molecule has 1 aromatic rings. The summed E-state index contributed by atoms with van der Waals surface area (Å²) in [6.45, 7) is 4.28. The molecule has 21 heavy (non-hydrogen) atoms. The molecular weight excluding hydrogens is 262 g/mol. The molecule has 1 aromatic carbocycles. The van der Waals surface area contributed by atoms with Gasteiger partial charge >= 0.3 is 0 Å². The topological polar surface area (TPSA) is 41.5 Å². The van der Waals surface area contributed by atoms with Gasteiger partial charge in [-0.3, -0.25) is 0 Å². The number of hydrogen-bond donors (Lipinski definition) is 2. The van der Waals surface area contributed by atoms with Gasteiger partial charge in [0, 0.05) is 6.54 Å².